The Morgan fingerprint density at radius 3 is 2.90 bits per heavy atom. The molecule has 0 saturated heterocycles. The lowest BCUT2D eigenvalue weighted by atomic mass is 10.4. The van der Waals surface area contributed by atoms with Crippen LogP contribution in [-0.2, 0) is 0 Å². The number of nitrogens with one attached hydrogen (secondary N) is 1. The van der Waals surface area contributed by atoms with Gasteiger partial charge >= 0.3 is 5.69 Å². The number of anilines is 2. The molecule has 0 atom stereocenters. The van der Waals surface area contributed by atoms with E-state index in [0.29, 0.717) is 5.13 Å². The topological polar surface area (TPSA) is 93.8 Å². The lowest BCUT2D eigenvalue weighted by molar-refractivity contribution is -0.384. The number of nitrogens with zero attached hydrogens (tertiary/aromatic N) is 4. The average molecular weight is 340 g/mol. The van der Waals surface area contributed by atoms with Crippen molar-refractivity contribution in [2.45, 2.75) is 0 Å². The van der Waals surface area contributed by atoms with Crippen molar-refractivity contribution < 1.29 is 4.92 Å². The Kier molecular flexibility index (Phi) is 3.78. The monoisotopic (exact) mass is 339 g/mol. The molecule has 0 spiro atoms. The molecule has 0 bridgehead atoms. The lowest BCUT2D eigenvalue weighted by Crippen LogP contribution is -2.01. The first kappa shape index (κ1) is 13.9. The van der Waals surface area contributed by atoms with E-state index >= 15 is 0 Å². The Bertz CT molecular complexity index is 790. The smallest absolute Gasteiger partial charge is 0.310 e. The van der Waals surface area contributed by atoms with Crippen LogP contribution in [-0.4, -0.2) is 19.9 Å². The first-order valence-corrected chi connectivity index (χ1v) is 7.70. The van der Waals surface area contributed by atoms with Crippen LogP contribution in [0.25, 0.3) is 10.6 Å². The highest BCUT2D eigenvalue weighted by atomic mass is 35.5. The third-order valence-electron chi connectivity index (χ3n) is 2.46. The lowest BCUT2D eigenvalue weighted by Gasteiger charge is -2.02. The molecular weight excluding hydrogens is 334 g/mol. The van der Waals surface area contributed by atoms with Crippen LogP contribution in [0.2, 0.25) is 5.15 Å². The second-order valence-corrected chi connectivity index (χ2v) is 5.92. The second kappa shape index (κ2) is 5.72. The minimum absolute atomic E-state index is 0.0204. The fraction of sp³-hybridized carbons (Fsp3) is 0. The number of thiophene rings is 1. The van der Waals surface area contributed by atoms with Gasteiger partial charge in [0.25, 0.3) is 0 Å². The molecule has 21 heavy (non-hydrogen) atoms. The van der Waals surface area contributed by atoms with Crippen molar-refractivity contribution in [1.82, 2.24) is 15.0 Å². The Labute approximate surface area is 131 Å². The van der Waals surface area contributed by atoms with E-state index in [1.54, 1.807) is 11.3 Å². The maximum atomic E-state index is 11.0. The van der Waals surface area contributed by atoms with Crippen molar-refractivity contribution in [1.29, 1.82) is 0 Å². The molecule has 0 unspecified atom stereocenters. The fourth-order valence-corrected chi connectivity index (χ4v) is 3.25. The first-order valence-electron chi connectivity index (χ1n) is 5.56. The summed E-state index contributed by atoms with van der Waals surface area (Å²) in [6, 6.07) is 3.88. The van der Waals surface area contributed by atoms with Crippen molar-refractivity contribution >= 4 is 50.9 Å². The molecule has 0 radical (unpaired) electrons. The number of hydrogen-bond acceptors (Lipinski definition) is 8. The van der Waals surface area contributed by atoms with E-state index in [1.165, 1.54) is 11.3 Å². The van der Waals surface area contributed by atoms with E-state index in [2.05, 4.69) is 20.3 Å². The van der Waals surface area contributed by atoms with E-state index in [-0.39, 0.29) is 16.7 Å². The summed E-state index contributed by atoms with van der Waals surface area (Å²) >= 11 is 8.62. The van der Waals surface area contributed by atoms with Crippen LogP contribution in [0.5, 0.6) is 0 Å². The van der Waals surface area contributed by atoms with Crippen molar-refractivity contribution in [3.05, 3.63) is 44.5 Å². The zero-order valence-electron chi connectivity index (χ0n) is 10.2. The molecule has 0 aliphatic rings. The predicted octanol–water partition coefficient (Wildman–Crippen LogP) is 3.97. The summed E-state index contributed by atoms with van der Waals surface area (Å²) in [6.45, 7) is 0. The Hall–Kier alpha value is -2.10. The molecule has 10 heteroatoms. The maximum absolute atomic E-state index is 11.0. The molecule has 0 saturated carbocycles. The second-order valence-electron chi connectivity index (χ2n) is 3.76. The van der Waals surface area contributed by atoms with Gasteiger partial charge in [-0.3, -0.25) is 10.1 Å². The van der Waals surface area contributed by atoms with E-state index in [0.717, 1.165) is 16.9 Å². The van der Waals surface area contributed by atoms with Gasteiger partial charge in [-0.15, -0.1) is 22.7 Å². The molecule has 7 nitrogen and oxygen atoms in total. The normalized spacial score (nSPS) is 10.5. The Morgan fingerprint density at radius 1 is 1.33 bits per heavy atom. The summed E-state index contributed by atoms with van der Waals surface area (Å²) in [6.07, 6.45) is 1.16. The van der Waals surface area contributed by atoms with Gasteiger partial charge in [0.15, 0.2) is 5.13 Å². The van der Waals surface area contributed by atoms with Gasteiger partial charge in [-0.05, 0) is 11.4 Å². The SMILES string of the molecule is O=[N+]([O-])c1c(Cl)ncnc1Nc1nc(-c2cccs2)cs1. The Balaban J connectivity index is 1.91. The van der Waals surface area contributed by atoms with Gasteiger partial charge in [0.05, 0.1) is 15.5 Å². The maximum Gasteiger partial charge on any atom is 0.348 e. The molecule has 0 amide bonds. The number of hydrogen-bond donors (Lipinski definition) is 1. The standard InChI is InChI=1S/C11H6ClN5O2S2/c12-9-8(17(18)19)10(14-5-13-9)16-11-15-6(4-21-11)7-2-1-3-20-7/h1-5H,(H,13,14,15,16). The number of halogens is 1. The first-order chi connectivity index (χ1) is 10.1. The van der Waals surface area contributed by atoms with Gasteiger partial charge in [-0.2, -0.15) is 0 Å². The zero-order chi connectivity index (χ0) is 14.8. The third-order valence-corrected chi connectivity index (χ3v) is 4.39. The van der Waals surface area contributed by atoms with Crippen molar-refractivity contribution in [2.24, 2.45) is 0 Å². The van der Waals surface area contributed by atoms with Crippen LogP contribution in [0.1, 0.15) is 0 Å². The van der Waals surface area contributed by atoms with Gasteiger partial charge in [0, 0.05) is 5.38 Å². The van der Waals surface area contributed by atoms with Crippen molar-refractivity contribution in [3.63, 3.8) is 0 Å². The summed E-state index contributed by atoms with van der Waals surface area (Å²) in [5.74, 6) is 0.0204. The molecule has 1 N–H and O–H groups in total. The molecule has 3 heterocycles. The van der Waals surface area contributed by atoms with Crippen LogP contribution in [0, 0.1) is 10.1 Å². The number of nitro groups is 1. The van der Waals surface area contributed by atoms with Gasteiger partial charge in [0.2, 0.25) is 11.0 Å². The summed E-state index contributed by atoms with van der Waals surface area (Å²) in [7, 11) is 0. The predicted molar refractivity (Wildman–Crippen MR) is 82.4 cm³/mol. The molecule has 0 aliphatic heterocycles. The van der Waals surface area contributed by atoms with Crippen LogP contribution in [0.15, 0.2) is 29.2 Å². The highest BCUT2D eigenvalue weighted by molar-refractivity contribution is 7.16. The molecule has 3 aromatic rings. The molecular formula is C11H6ClN5O2S2. The largest absolute Gasteiger partial charge is 0.348 e. The minimum Gasteiger partial charge on any atom is -0.310 e. The molecule has 0 aliphatic carbocycles. The van der Waals surface area contributed by atoms with E-state index < -0.39 is 4.92 Å². The van der Waals surface area contributed by atoms with Crippen molar-refractivity contribution in [3.8, 4) is 10.6 Å². The minimum atomic E-state index is -0.627. The van der Waals surface area contributed by atoms with Gasteiger partial charge in [-0.25, -0.2) is 15.0 Å². The average Bonchev–Trinajstić information content (AvgIpc) is 3.08. The van der Waals surface area contributed by atoms with Crippen LogP contribution < -0.4 is 5.32 Å². The van der Waals surface area contributed by atoms with E-state index in [1.807, 2.05) is 22.9 Å². The summed E-state index contributed by atoms with van der Waals surface area (Å²) < 4.78 is 0. The summed E-state index contributed by atoms with van der Waals surface area (Å²) in [5, 5.41) is 17.9. The van der Waals surface area contributed by atoms with Crippen molar-refractivity contribution in [2.75, 3.05) is 5.32 Å². The summed E-state index contributed by atoms with van der Waals surface area (Å²) in [5.41, 5.74) is 0.437. The van der Waals surface area contributed by atoms with Crippen LogP contribution >= 0.6 is 34.3 Å². The van der Waals surface area contributed by atoms with Gasteiger partial charge in [-0.1, -0.05) is 17.7 Å². The quantitative estimate of drug-likeness (QED) is 0.439. The molecule has 3 aromatic heterocycles. The molecule has 0 aromatic carbocycles. The van der Waals surface area contributed by atoms with E-state index in [9.17, 15) is 10.1 Å². The summed E-state index contributed by atoms with van der Waals surface area (Å²) in [4.78, 5) is 23.2. The third kappa shape index (κ3) is 2.84. The molecule has 106 valence electrons. The molecule has 3 rings (SSSR count). The molecule has 0 fully saturated rings. The zero-order valence-corrected chi connectivity index (χ0v) is 12.6. The van der Waals surface area contributed by atoms with Gasteiger partial charge in [0.1, 0.15) is 6.33 Å². The number of rotatable bonds is 4. The highest BCUT2D eigenvalue weighted by Gasteiger charge is 2.22. The van der Waals surface area contributed by atoms with Crippen LogP contribution in [0.4, 0.5) is 16.6 Å². The number of aromatic nitrogens is 3. The van der Waals surface area contributed by atoms with E-state index in [4.69, 9.17) is 11.6 Å². The highest BCUT2D eigenvalue weighted by Crippen LogP contribution is 2.33. The van der Waals surface area contributed by atoms with Gasteiger partial charge < -0.3 is 5.32 Å². The van der Waals surface area contributed by atoms with Crippen LogP contribution in [0.3, 0.4) is 0 Å². The Morgan fingerprint density at radius 2 is 2.19 bits per heavy atom. The number of thiazole rings is 1. The fourth-order valence-electron chi connectivity index (χ4n) is 1.58.